The Bertz CT molecular complexity index is 285. The van der Waals surface area contributed by atoms with Gasteiger partial charge in [-0.1, -0.05) is 18.2 Å². The number of carbonyl (C=O) groups is 1. The van der Waals surface area contributed by atoms with E-state index in [9.17, 15) is 4.79 Å². The SMILES string of the molecule is C[C@@H](O)CNC(=O)Nc1ccccc1. The first-order valence-electron chi connectivity index (χ1n) is 4.46. The van der Waals surface area contributed by atoms with Crippen molar-refractivity contribution in [2.75, 3.05) is 11.9 Å². The molecule has 0 fully saturated rings. The molecule has 1 aromatic rings. The number of amides is 2. The van der Waals surface area contributed by atoms with Crippen LogP contribution in [0.1, 0.15) is 6.92 Å². The van der Waals surface area contributed by atoms with Crippen LogP contribution in [0.2, 0.25) is 0 Å². The normalized spacial score (nSPS) is 11.9. The molecular formula is C10H14N2O2. The van der Waals surface area contributed by atoms with Crippen LogP contribution in [0.15, 0.2) is 30.3 Å². The van der Waals surface area contributed by atoms with Crippen molar-refractivity contribution in [2.45, 2.75) is 13.0 Å². The molecule has 0 spiro atoms. The Hall–Kier alpha value is -1.55. The molecule has 14 heavy (non-hydrogen) atoms. The van der Waals surface area contributed by atoms with E-state index in [-0.39, 0.29) is 12.6 Å². The molecule has 0 unspecified atom stereocenters. The zero-order valence-electron chi connectivity index (χ0n) is 8.03. The van der Waals surface area contributed by atoms with Gasteiger partial charge in [0, 0.05) is 12.2 Å². The van der Waals surface area contributed by atoms with Gasteiger partial charge >= 0.3 is 6.03 Å². The fourth-order valence-corrected chi connectivity index (χ4v) is 0.937. The molecule has 2 amide bonds. The average molecular weight is 194 g/mol. The molecule has 0 aliphatic heterocycles. The van der Waals surface area contributed by atoms with E-state index in [0.29, 0.717) is 0 Å². The lowest BCUT2D eigenvalue weighted by Gasteiger charge is -2.08. The number of nitrogens with one attached hydrogen (secondary N) is 2. The summed E-state index contributed by atoms with van der Waals surface area (Å²) < 4.78 is 0. The summed E-state index contributed by atoms with van der Waals surface area (Å²) in [6, 6.07) is 8.83. The molecule has 76 valence electrons. The van der Waals surface area contributed by atoms with Gasteiger partial charge in [0.1, 0.15) is 0 Å². The van der Waals surface area contributed by atoms with Gasteiger partial charge in [-0.15, -0.1) is 0 Å². The van der Waals surface area contributed by atoms with E-state index < -0.39 is 6.10 Å². The Labute approximate surface area is 82.9 Å². The molecule has 0 aromatic heterocycles. The number of aliphatic hydroxyl groups excluding tert-OH is 1. The minimum absolute atomic E-state index is 0.249. The summed E-state index contributed by atoms with van der Waals surface area (Å²) in [5.74, 6) is 0. The molecule has 0 heterocycles. The van der Waals surface area contributed by atoms with Gasteiger partial charge in [0.25, 0.3) is 0 Å². The molecule has 1 aromatic carbocycles. The highest BCUT2D eigenvalue weighted by molar-refractivity contribution is 5.89. The van der Waals surface area contributed by atoms with Gasteiger partial charge in [-0.3, -0.25) is 0 Å². The van der Waals surface area contributed by atoms with Crippen LogP contribution in [0.5, 0.6) is 0 Å². The summed E-state index contributed by atoms with van der Waals surface area (Å²) in [7, 11) is 0. The second-order valence-electron chi connectivity index (χ2n) is 3.05. The standard InChI is InChI=1S/C10H14N2O2/c1-8(13)7-11-10(14)12-9-5-3-2-4-6-9/h2-6,8,13H,7H2,1H3,(H2,11,12,14)/t8-/m1/s1. The van der Waals surface area contributed by atoms with E-state index in [1.807, 2.05) is 18.2 Å². The Morgan fingerprint density at radius 3 is 2.64 bits per heavy atom. The summed E-state index contributed by atoms with van der Waals surface area (Å²) >= 11 is 0. The fraction of sp³-hybridized carbons (Fsp3) is 0.300. The molecule has 3 N–H and O–H groups in total. The van der Waals surface area contributed by atoms with Crippen molar-refractivity contribution < 1.29 is 9.90 Å². The zero-order chi connectivity index (χ0) is 10.4. The minimum atomic E-state index is -0.531. The lowest BCUT2D eigenvalue weighted by molar-refractivity contribution is 0.190. The summed E-state index contributed by atoms with van der Waals surface area (Å²) in [4.78, 5) is 11.2. The van der Waals surface area contributed by atoms with Crippen molar-refractivity contribution in [3.8, 4) is 0 Å². The summed E-state index contributed by atoms with van der Waals surface area (Å²) in [5.41, 5.74) is 0.732. The molecule has 0 aliphatic rings. The van der Waals surface area contributed by atoms with Gasteiger partial charge in [0.15, 0.2) is 0 Å². The van der Waals surface area contributed by atoms with E-state index in [1.165, 1.54) is 0 Å². The first-order valence-corrected chi connectivity index (χ1v) is 4.46. The largest absolute Gasteiger partial charge is 0.392 e. The molecule has 0 saturated heterocycles. The number of hydrogen-bond acceptors (Lipinski definition) is 2. The van der Waals surface area contributed by atoms with Crippen molar-refractivity contribution in [1.82, 2.24) is 5.32 Å². The van der Waals surface area contributed by atoms with Crippen molar-refractivity contribution in [3.63, 3.8) is 0 Å². The highest BCUT2D eigenvalue weighted by Crippen LogP contribution is 2.03. The second kappa shape index (κ2) is 5.24. The Balaban J connectivity index is 2.35. The number of rotatable bonds is 3. The number of urea groups is 1. The van der Waals surface area contributed by atoms with Crippen molar-refractivity contribution in [1.29, 1.82) is 0 Å². The van der Waals surface area contributed by atoms with Crippen LogP contribution in [-0.2, 0) is 0 Å². The maximum Gasteiger partial charge on any atom is 0.319 e. The Kier molecular flexibility index (Phi) is 3.94. The van der Waals surface area contributed by atoms with Gasteiger partial charge in [-0.05, 0) is 19.1 Å². The topological polar surface area (TPSA) is 61.4 Å². The molecular weight excluding hydrogens is 180 g/mol. The molecule has 0 saturated carbocycles. The third kappa shape index (κ3) is 3.91. The zero-order valence-corrected chi connectivity index (χ0v) is 8.03. The third-order valence-corrected chi connectivity index (χ3v) is 1.59. The highest BCUT2D eigenvalue weighted by atomic mass is 16.3. The van der Waals surface area contributed by atoms with Crippen LogP contribution in [-0.4, -0.2) is 23.8 Å². The highest BCUT2D eigenvalue weighted by Gasteiger charge is 2.01. The maximum atomic E-state index is 11.2. The van der Waals surface area contributed by atoms with E-state index in [4.69, 9.17) is 5.11 Å². The number of aliphatic hydroxyl groups is 1. The number of carbonyl (C=O) groups excluding carboxylic acids is 1. The first kappa shape index (κ1) is 10.5. The van der Waals surface area contributed by atoms with E-state index in [0.717, 1.165) is 5.69 Å². The molecule has 1 atom stereocenters. The van der Waals surface area contributed by atoms with Crippen LogP contribution >= 0.6 is 0 Å². The Morgan fingerprint density at radius 1 is 1.43 bits per heavy atom. The minimum Gasteiger partial charge on any atom is -0.392 e. The van der Waals surface area contributed by atoms with Crippen LogP contribution in [0, 0.1) is 0 Å². The van der Waals surface area contributed by atoms with Crippen molar-refractivity contribution in [3.05, 3.63) is 30.3 Å². The smallest absolute Gasteiger partial charge is 0.319 e. The van der Waals surface area contributed by atoms with Gasteiger partial charge in [-0.2, -0.15) is 0 Å². The molecule has 1 rings (SSSR count). The average Bonchev–Trinajstić information content (AvgIpc) is 2.16. The molecule has 4 heteroatoms. The molecule has 0 radical (unpaired) electrons. The summed E-state index contributed by atoms with van der Waals surface area (Å²) in [6.45, 7) is 1.86. The first-order chi connectivity index (χ1) is 6.68. The van der Waals surface area contributed by atoms with Crippen molar-refractivity contribution >= 4 is 11.7 Å². The number of hydrogen-bond donors (Lipinski definition) is 3. The molecule has 4 nitrogen and oxygen atoms in total. The van der Waals surface area contributed by atoms with E-state index in [2.05, 4.69) is 10.6 Å². The van der Waals surface area contributed by atoms with Gasteiger partial charge in [0.2, 0.25) is 0 Å². The predicted molar refractivity (Wildman–Crippen MR) is 55.1 cm³/mol. The lowest BCUT2D eigenvalue weighted by Crippen LogP contribution is -2.34. The van der Waals surface area contributed by atoms with Crippen molar-refractivity contribution in [2.24, 2.45) is 0 Å². The third-order valence-electron chi connectivity index (χ3n) is 1.59. The Morgan fingerprint density at radius 2 is 2.07 bits per heavy atom. The summed E-state index contributed by atoms with van der Waals surface area (Å²) in [5, 5.41) is 14.1. The number of para-hydroxylation sites is 1. The lowest BCUT2D eigenvalue weighted by atomic mass is 10.3. The summed E-state index contributed by atoms with van der Waals surface area (Å²) in [6.07, 6.45) is -0.531. The predicted octanol–water partition coefficient (Wildman–Crippen LogP) is 1.19. The van der Waals surface area contributed by atoms with E-state index >= 15 is 0 Å². The fourth-order valence-electron chi connectivity index (χ4n) is 0.937. The van der Waals surface area contributed by atoms with Crippen LogP contribution in [0.3, 0.4) is 0 Å². The number of benzene rings is 1. The number of anilines is 1. The van der Waals surface area contributed by atoms with Gasteiger partial charge in [-0.25, -0.2) is 4.79 Å². The quantitative estimate of drug-likeness (QED) is 0.676. The monoisotopic (exact) mass is 194 g/mol. The van der Waals surface area contributed by atoms with Gasteiger partial charge < -0.3 is 15.7 Å². The molecule has 0 aliphatic carbocycles. The van der Waals surface area contributed by atoms with Crippen LogP contribution in [0.4, 0.5) is 10.5 Å². The second-order valence-corrected chi connectivity index (χ2v) is 3.05. The van der Waals surface area contributed by atoms with Gasteiger partial charge in [0.05, 0.1) is 6.10 Å². The molecule has 0 bridgehead atoms. The van der Waals surface area contributed by atoms with E-state index in [1.54, 1.807) is 19.1 Å². The maximum absolute atomic E-state index is 11.2. The van der Waals surface area contributed by atoms with Crippen LogP contribution in [0.25, 0.3) is 0 Å². The van der Waals surface area contributed by atoms with Crippen LogP contribution < -0.4 is 10.6 Å².